The van der Waals surface area contributed by atoms with Crippen molar-refractivity contribution in [3.63, 3.8) is 0 Å². The van der Waals surface area contributed by atoms with E-state index in [1.807, 2.05) is 0 Å². The van der Waals surface area contributed by atoms with Gasteiger partial charge in [-0.25, -0.2) is 0 Å². The highest BCUT2D eigenvalue weighted by atomic mass is 35.5. The van der Waals surface area contributed by atoms with Gasteiger partial charge in [-0.1, -0.05) is 54.1 Å². The number of rotatable bonds is 7. The molecule has 0 aliphatic rings. The molecule has 0 aliphatic carbocycles. The Morgan fingerprint density at radius 2 is 1.67 bits per heavy atom. The Kier molecular flexibility index (Phi) is 7.24. The Morgan fingerprint density at radius 1 is 1.06 bits per heavy atom. The number of amides is 1. The first-order valence-corrected chi connectivity index (χ1v) is 10.8. The van der Waals surface area contributed by atoms with Gasteiger partial charge in [-0.15, -0.1) is 0 Å². The summed E-state index contributed by atoms with van der Waals surface area (Å²) in [5, 5.41) is 9.86. The van der Waals surface area contributed by atoms with Crippen molar-refractivity contribution in [3.8, 4) is 11.1 Å². The summed E-state index contributed by atoms with van der Waals surface area (Å²) in [4.78, 5) is 15.1. The maximum absolute atomic E-state index is 14.1. The van der Waals surface area contributed by atoms with Gasteiger partial charge in [0.05, 0.1) is 0 Å². The lowest BCUT2D eigenvalue weighted by Gasteiger charge is -2.36. The first kappa shape index (κ1) is 24.9. The summed E-state index contributed by atoms with van der Waals surface area (Å²) in [5.74, 6) is -0.565. The second-order valence-electron chi connectivity index (χ2n) is 8.52. The topological polar surface area (TPSA) is 45.5 Å². The summed E-state index contributed by atoms with van der Waals surface area (Å²) >= 11 is 5.98. The Hall–Kier alpha value is -2.77. The van der Waals surface area contributed by atoms with Crippen LogP contribution in [0.15, 0.2) is 60.7 Å². The van der Waals surface area contributed by atoms with Gasteiger partial charge in [0, 0.05) is 36.3 Å². The van der Waals surface area contributed by atoms with E-state index in [9.17, 15) is 23.1 Å². The van der Waals surface area contributed by atoms with E-state index in [4.69, 9.17) is 11.6 Å². The highest BCUT2D eigenvalue weighted by molar-refractivity contribution is 6.30. The molecule has 0 bridgehead atoms. The molecule has 176 valence electrons. The van der Waals surface area contributed by atoms with Crippen LogP contribution in [0.5, 0.6) is 0 Å². The monoisotopic (exact) mass is 478 g/mol. The van der Waals surface area contributed by atoms with Crippen LogP contribution in [0.2, 0.25) is 5.02 Å². The Labute approximate surface area is 196 Å². The normalized spacial score (nSPS) is 12.1. The summed E-state index contributed by atoms with van der Waals surface area (Å²) < 4.78 is 43.5. The average Bonchev–Trinajstić information content (AvgIpc) is 3.13. The van der Waals surface area contributed by atoms with Crippen LogP contribution in [0.4, 0.5) is 13.2 Å². The van der Waals surface area contributed by atoms with Crippen molar-refractivity contribution in [2.24, 2.45) is 0 Å². The summed E-state index contributed by atoms with van der Waals surface area (Å²) in [6.07, 6.45) is -4.40. The molecule has 8 heteroatoms. The Bertz CT molecular complexity index is 1110. The van der Waals surface area contributed by atoms with Gasteiger partial charge < -0.3 is 14.6 Å². The van der Waals surface area contributed by atoms with Gasteiger partial charge in [-0.3, -0.25) is 4.79 Å². The lowest BCUT2D eigenvalue weighted by Crippen LogP contribution is -2.46. The molecule has 1 amide bonds. The minimum Gasteiger partial charge on any atom is -0.396 e. The summed E-state index contributed by atoms with van der Waals surface area (Å²) in [5.41, 5.74) is -0.494. The van der Waals surface area contributed by atoms with E-state index in [0.717, 1.165) is 10.6 Å². The van der Waals surface area contributed by atoms with Crippen molar-refractivity contribution < 1.29 is 23.1 Å². The van der Waals surface area contributed by atoms with Gasteiger partial charge in [-0.05, 0) is 49.6 Å². The molecule has 1 heterocycles. The van der Waals surface area contributed by atoms with Crippen LogP contribution in [0.1, 0.15) is 42.0 Å². The Balaban J connectivity index is 2.27. The molecule has 0 saturated carbocycles. The number of aromatic nitrogens is 1. The van der Waals surface area contributed by atoms with E-state index in [-0.39, 0.29) is 30.8 Å². The van der Waals surface area contributed by atoms with Gasteiger partial charge in [0.1, 0.15) is 11.4 Å². The second kappa shape index (κ2) is 9.61. The number of hydrogen-bond donors (Lipinski definition) is 1. The molecule has 0 radical (unpaired) electrons. The lowest BCUT2D eigenvalue weighted by atomic mass is 9.97. The Morgan fingerprint density at radius 3 is 2.21 bits per heavy atom. The standard InChI is InChI=1S/C25H26ClF3N2O2/c1-24(2,13-14-32)30(3)23(33)22-20(18-9-11-19(26)12-10-18)15-21(25(27,28)29)31(22)16-17-7-5-4-6-8-17/h4-12,15,32H,13-14,16H2,1-3H3. The number of aliphatic hydroxyl groups is 1. The zero-order valence-corrected chi connectivity index (χ0v) is 19.4. The fraction of sp³-hybridized carbons (Fsp3) is 0.320. The third-order valence-electron chi connectivity index (χ3n) is 5.86. The second-order valence-corrected chi connectivity index (χ2v) is 8.95. The average molecular weight is 479 g/mol. The molecule has 0 spiro atoms. The molecule has 33 heavy (non-hydrogen) atoms. The largest absolute Gasteiger partial charge is 0.431 e. The van der Waals surface area contributed by atoms with Crippen LogP contribution in [0, 0.1) is 0 Å². The summed E-state index contributed by atoms with van der Waals surface area (Å²) in [7, 11) is 1.54. The smallest absolute Gasteiger partial charge is 0.396 e. The quantitative estimate of drug-likeness (QED) is 0.445. The fourth-order valence-electron chi connectivity index (χ4n) is 3.67. The number of alkyl halides is 3. The predicted octanol–water partition coefficient (Wildman–Crippen LogP) is 6.11. The summed E-state index contributed by atoms with van der Waals surface area (Å²) in [6.45, 7) is 3.24. The van der Waals surface area contributed by atoms with Crippen molar-refractivity contribution in [1.29, 1.82) is 0 Å². The van der Waals surface area contributed by atoms with E-state index < -0.39 is 23.3 Å². The number of carbonyl (C=O) groups is 1. The van der Waals surface area contributed by atoms with Crippen LogP contribution >= 0.6 is 11.6 Å². The van der Waals surface area contributed by atoms with Gasteiger partial charge in [0.15, 0.2) is 0 Å². The van der Waals surface area contributed by atoms with Crippen LogP contribution in [0.3, 0.4) is 0 Å². The molecule has 0 aliphatic heterocycles. The maximum Gasteiger partial charge on any atom is 0.431 e. The SMILES string of the molecule is CN(C(=O)c1c(-c2ccc(Cl)cc2)cc(C(F)(F)F)n1Cc1ccccc1)C(C)(C)CCO. The molecular weight excluding hydrogens is 453 g/mol. The zero-order valence-electron chi connectivity index (χ0n) is 18.7. The van der Waals surface area contributed by atoms with E-state index >= 15 is 0 Å². The zero-order chi connectivity index (χ0) is 24.4. The number of aliphatic hydroxyl groups excluding tert-OH is 1. The first-order chi connectivity index (χ1) is 15.5. The number of halogens is 4. The molecule has 0 unspecified atom stereocenters. The molecular formula is C25H26ClF3N2O2. The highest BCUT2D eigenvalue weighted by Gasteiger charge is 2.40. The minimum atomic E-state index is -4.67. The van der Waals surface area contributed by atoms with E-state index in [2.05, 4.69) is 0 Å². The van der Waals surface area contributed by atoms with Crippen molar-refractivity contribution in [2.45, 2.75) is 38.5 Å². The van der Waals surface area contributed by atoms with Crippen LogP contribution in [-0.2, 0) is 12.7 Å². The van der Waals surface area contributed by atoms with Crippen LogP contribution in [-0.4, -0.2) is 39.7 Å². The first-order valence-electron chi connectivity index (χ1n) is 10.5. The van der Waals surface area contributed by atoms with Gasteiger partial charge in [0.25, 0.3) is 5.91 Å². The number of nitrogens with zero attached hydrogens (tertiary/aromatic N) is 2. The molecule has 3 rings (SSSR count). The van der Waals surface area contributed by atoms with Crippen LogP contribution in [0.25, 0.3) is 11.1 Å². The highest BCUT2D eigenvalue weighted by Crippen LogP contribution is 2.38. The molecule has 1 aromatic heterocycles. The van der Waals surface area contributed by atoms with Gasteiger partial charge in [0.2, 0.25) is 0 Å². The van der Waals surface area contributed by atoms with Gasteiger partial charge in [-0.2, -0.15) is 13.2 Å². The molecule has 2 aromatic carbocycles. The number of carbonyl (C=O) groups excluding carboxylic acids is 1. The van der Waals surface area contributed by atoms with E-state index in [1.54, 1.807) is 68.4 Å². The number of hydrogen-bond acceptors (Lipinski definition) is 2. The molecule has 0 fully saturated rings. The molecule has 3 aromatic rings. The van der Waals surface area contributed by atoms with Crippen molar-refractivity contribution in [3.05, 3.63) is 82.6 Å². The number of benzene rings is 2. The lowest BCUT2D eigenvalue weighted by molar-refractivity contribution is -0.143. The predicted molar refractivity (Wildman–Crippen MR) is 123 cm³/mol. The molecule has 1 N–H and O–H groups in total. The molecule has 0 saturated heterocycles. The van der Waals surface area contributed by atoms with Crippen molar-refractivity contribution in [2.75, 3.05) is 13.7 Å². The minimum absolute atomic E-state index is 0.0676. The third kappa shape index (κ3) is 5.42. The van der Waals surface area contributed by atoms with E-state index in [0.29, 0.717) is 16.1 Å². The summed E-state index contributed by atoms with van der Waals surface area (Å²) in [6, 6.07) is 16.1. The van der Waals surface area contributed by atoms with E-state index in [1.165, 1.54) is 11.9 Å². The molecule has 0 atom stereocenters. The van der Waals surface area contributed by atoms with Crippen molar-refractivity contribution >= 4 is 17.5 Å². The third-order valence-corrected chi connectivity index (χ3v) is 6.12. The van der Waals surface area contributed by atoms with Crippen LogP contribution < -0.4 is 0 Å². The molecule has 4 nitrogen and oxygen atoms in total. The van der Waals surface area contributed by atoms with Gasteiger partial charge >= 0.3 is 6.18 Å². The van der Waals surface area contributed by atoms with Crippen molar-refractivity contribution in [1.82, 2.24) is 9.47 Å². The maximum atomic E-state index is 14.1. The fourth-order valence-corrected chi connectivity index (χ4v) is 3.80.